The van der Waals surface area contributed by atoms with Gasteiger partial charge in [0.25, 0.3) is 0 Å². The highest BCUT2D eigenvalue weighted by molar-refractivity contribution is 5.57. The summed E-state index contributed by atoms with van der Waals surface area (Å²) < 4.78 is 25.9. The van der Waals surface area contributed by atoms with Crippen molar-refractivity contribution in [3.63, 3.8) is 0 Å². The fourth-order valence-electron chi connectivity index (χ4n) is 3.54. The van der Waals surface area contributed by atoms with Crippen LogP contribution in [0.15, 0.2) is 34.9 Å². The molecule has 0 bridgehead atoms. The smallest absolute Gasteiger partial charge is 0.226 e. The molecule has 0 amide bonds. The van der Waals surface area contributed by atoms with Gasteiger partial charge in [0.2, 0.25) is 5.89 Å². The average molecular weight is 420 g/mol. The van der Waals surface area contributed by atoms with E-state index in [0.29, 0.717) is 17.0 Å². The molecule has 0 spiro atoms. The van der Waals surface area contributed by atoms with Crippen molar-refractivity contribution in [2.45, 2.75) is 44.0 Å². The Hall–Kier alpha value is -2.70. The number of nitrogens with zero attached hydrogens (tertiary/aromatic N) is 4. The second kappa shape index (κ2) is 8.20. The van der Waals surface area contributed by atoms with E-state index in [0.717, 1.165) is 0 Å². The van der Waals surface area contributed by atoms with E-state index in [-0.39, 0.29) is 18.3 Å². The van der Waals surface area contributed by atoms with Gasteiger partial charge in [-0.2, -0.15) is 0 Å². The van der Waals surface area contributed by atoms with Crippen molar-refractivity contribution in [2.24, 2.45) is 0 Å². The van der Waals surface area contributed by atoms with E-state index in [1.807, 2.05) is 0 Å². The van der Waals surface area contributed by atoms with Crippen LogP contribution < -0.4 is 0 Å². The number of aliphatic hydroxyl groups is 4. The van der Waals surface area contributed by atoms with Crippen LogP contribution in [-0.2, 0) is 11.3 Å². The lowest BCUT2D eigenvalue weighted by Crippen LogP contribution is -2.52. The first kappa shape index (κ1) is 20.6. The minimum Gasteiger partial charge on any atom is -0.440 e. The molecule has 3 aromatic rings. The van der Waals surface area contributed by atoms with Crippen LogP contribution >= 0.6 is 0 Å². The van der Waals surface area contributed by atoms with Crippen LogP contribution in [0.2, 0.25) is 0 Å². The molecule has 1 aliphatic rings. The van der Waals surface area contributed by atoms with Crippen LogP contribution in [-0.4, -0.2) is 65.3 Å². The number of benzene rings is 1. The zero-order valence-electron chi connectivity index (χ0n) is 16.0. The first-order chi connectivity index (χ1) is 14.4. The number of hydrogen-bond donors (Lipinski definition) is 4. The lowest BCUT2D eigenvalue weighted by atomic mass is 9.92. The van der Waals surface area contributed by atoms with Gasteiger partial charge in [-0.1, -0.05) is 17.3 Å². The Kier molecular flexibility index (Phi) is 5.62. The molecule has 0 radical (unpaired) electrons. The molecular weight excluding hydrogens is 399 g/mol. The minimum atomic E-state index is -1.37. The highest BCUT2D eigenvalue weighted by Crippen LogP contribution is 2.38. The van der Waals surface area contributed by atoms with Gasteiger partial charge in [0.15, 0.2) is 11.9 Å². The topological polar surface area (TPSA) is 147 Å². The van der Waals surface area contributed by atoms with Crippen molar-refractivity contribution in [2.75, 3.05) is 6.61 Å². The third-order valence-electron chi connectivity index (χ3n) is 5.12. The summed E-state index contributed by atoms with van der Waals surface area (Å²) in [6.07, 6.45) is -3.42. The van der Waals surface area contributed by atoms with Gasteiger partial charge in [-0.05, 0) is 19.1 Å². The standard InChI is InChI=1S/C19H21FN4O6/c1-9-13(7-25)30-19(21-9)18-17(28)15(16(27)14(8-26)29-18)24-6-12(22-23-24)10-3-2-4-11(20)5-10/h2-6,14-18,25-28H,7-8H2,1H3/t14-,15+,16+,17-,18-/m1/s1. The molecule has 1 fully saturated rings. The number of halogens is 1. The van der Waals surface area contributed by atoms with Crippen molar-refractivity contribution in [1.82, 2.24) is 20.0 Å². The van der Waals surface area contributed by atoms with Crippen molar-refractivity contribution < 1.29 is 34.0 Å². The van der Waals surface area contributed by atoms with Crippen LogP contribution in [0.4, 0.5) is 4.39 Å². The number of ether oxygens (including phenoxy) is 1. The van der Waals surface area contributed by atoms with E-state index in [2.05, 4.69) is 15.3 Å². The number of aromatic nitrogens is 4. The number of hydrogen-bond acceptors (Lipinski definition) is 9. The van der Waals surface area contributed by atoms with Gasteiger partial charge in [-0.25, -0.2) is 14.1 Å². The van der Waals surface area contributed by atoms with E-state index in [4.69, 9.17) is 9.15 Å². The van der Waals surface area contributed by atoms with Gasteiger partial charge in [-0.3, -0.25) is 0 Å². The molecule has 3 heterocycles. The molecule has 0 unspecified atom stereocenters. The maximum atomic E-state index is 13.5. The predicted octanol–water partition coefficient (Wildman–Crippen LogP) is 0.268. The number of aryl methyl sites for hydroxylation is 1. The second-order valence-electron chi connectivity index (χ2n) is 7.06. The lowest BCUT2D eigenvalue weighted by Gasteiger charge is -2.40. The summed E-state index contributed by atoms with van der Waals surface area (Å²) in [5.41, 5.74) is 1.25. The third-order valence-corrected chi connectivity index (χ3v) is 5.12. The van der Waals surface area contributed by atoms with Gasteiger partial charge in [0.1, 0.15) is 42.5 Å². The molecule has 2 aromatic heterocycles. The summed E-state index contributed by atoms with van der Waals surface area (Å²) >= 11 is 0. The van der Waals surface area contributed by atoms with Gasteiger partial charge in [-0.15, -0.1) is 5.10 Å². The monoisotopic (exact) mass is 420 g/mol. The van der Waals surface area contributed by atoms with E-state index >= 15 is 0 Å². The average Bonchev–Trinajstić information content (AvgIpc) is 3.35. The van der Waals surface area contributed by atoms with Crippen LogP contribution in [0.1, 0.15) is 29.5 Å². The Bertz CT molecular complexity index is 1020. The number of oxazole rings is 1. The van der Waals surface area contributed by atoms with Crippen LogP contribution in [0.3, 0.4) is 0 Å². The highest BCUT2D eigenvalue weighted by atomic mass is 19.1. The summed E-state index contributed by atoms with van der Waals surface area (Å²) in [5, 5.41) is 48.6. The summed E-state index contributed by atoms with van der Waals surface area (Å²) in [6.45, 7) is 0.725. The molecule has 0 saturated carbocycles. The maximum Gasteiger partial charge on any atom is 0.226 e. The van der Waals surface area contributed by atoms with Crippen molar-refractivity contribution in [3.05, 3.63) is 53.6 Å². The molecular formula is C19H21FN4O6. The molecule has 1 aliphatic heterocycles. The first-order valence-corrected chi connectivity index (χ1v) is 9.30. The van der Waals surface area contributed by atoms with E-state index in [9.17, 15) is 24.8 Å². The molecule has 5 atom stereocenters. The second-order valence-corrected chi connectivity index (χ2v) is 7.06. The molecule has 10 nitrogen and oxygen atoms in total. The largest absolute Gasteiger partial charge is 0.440 e. The normalized spacial score (nSPS) is 26.8. The maximum absolute atomic E-state index is 13.5. The van der Waals surface area contributed by atoms with E-state index in [1.165, 1.54) is 29.1 Å². The number of rotatable bonds is 5. The third kappa shape index (κ3) is 3.61. The van der Waals surface area contributed by atoms with Crippen LogP contribution in [0, 0.1) is 12.7 Å². The fourth-order valence-corrected chi connectivity index (χ4v) is 3.54. The summed E-state index contributed by atoms with van der Waals surface area (Å²) in [4.78, 5) is 4.18. The first-order valence-electron chi connectivity index (χ1n) is 9.30. The Morgan fingerprint density at radius 1 is 1.20 bits per heavy atom. The Morgan fingerprint density at radius 3 is 2.67 bits per heavy atom. The lowest BCUT2D eigenvalue weighted by molar-refractivity contribution is -0.213. The quantitative estimate of drug-likeness (QED) is 0.456. The summed E-state index contributed by atoms with van der Waals surface area (Å²) in [7, 11) is 0. The molecule has 11 heteroatoms. The minimum absolute atomic E-state index is 0.00451. The van der Waals surface area contributed by atoms with Crippen molar-refractivity contribution >= 4 is 0 Å². The van der Waals surface area contributed by atoms with E-state index < -0.39 is 42.9 Å². The Balaban J connectivity index is 1.68. The van der Waals surface area contributed by atoms with Crippen molar-refractivity contribution in [1.29, 1.82) is 0 Å². The Morgan fingerprint density at radius 2 is 2.00 bits per heavy atom. The van der Waals surface area contributed by atoms with Crippen molar-refractivity contribution in [3.8, 4) is 11.3 Å². The predicted molar refractivity (Wildman–Crippen MR) is 98.3 cm³/mol. The summed E-state index contributed by atoms with van der Waals surface area (Å²) in [5.74, 6) is -0.212. The highest BCUT2D eigenvalue weighted by Gasteiger charge is 2.48. The fraction of sp³-hybridized carbons (Fsp3) is 0.421. The zero-order valence-corrected chi connectivity index (χ0v) is 16.0. The molecule has 30 heavy (non-hydrogen) atoms. The van der Waals surface area contributed by atoms with Crippen LogP contribution in [0.5, 0.6) is 0 Å². The SMILES string of the molecule is Cc1nc([C@@H]2O[C@H](CO)[C@H](O)[C@H](n3cc(-c4cccc(F)c4)nn3)[C@H]2O)oc1CO. The molecule has 0 aliphatic carbocycles. The van der Waals surface area contributed by atoms with Gasteiger partial charge < -0.3 is 29.6 Å². The molecule has 4 rings (SSSR count). The van der Waals surface area contributed by atoms with Gasteiger partial charge in [0.05, 0.1) is 18.5 Å². The molecule has 1 aromatic carbocycles. The van der Waals surface area contributed by atoms with Gasteiger partial charge in [0, 0.05) is 5.56 Å². The molecule has 1 saturated heterocycles. The van der Waals surface area contributed by atoms with E-state index in [1.54, 1.807) is 13.0 Å². The molecule has 4 N–H and O–H groups in total. The number of aliphatic hydroxyl groups excluding tert-OH is 4. The zero-order chi connectivity index (χ0) is 21.4. The summed E-state index contributed by atoms with van der Waals surface area (Å²) in [6, 6.07) is 4.72. The Labute approximate surface area is 170 Å². The van der Waals surface area contributed by atoms with Crippen LogP contribution in [0.25, 0.3) is 11.3 Å². The van der Waals surface area contributed by atoms with Gasteiger partial charge >= 0.3 is 0 Å². The molecule has 160 valence electrons.